The Bertz CT molecular complexity index is 275. The predicted molar refractivity (Wildman–Crippen MR) is 68.8 cm³/mol. The van der Waals surface area contributed by atoms with Crippen LogP contribution in [0.25, 0.3) is 0 Å². The van der Waals surface area contributed by atoms with Gasteiger partial charge in [-0.05, 0) is 12.8 Å². The van der Waals surface area contributed by atoms with Gasteiger partial charge in [0.05, 0.1) is 12.5 Å². The Morgan fingerprint density at radius 1 is 1.39 bits per heavy atom. The second kappa shape index (κ2) is 8.08. The number of ether oxygens (including phenoxy) is 1. The smallest absolute Gasteiger partial charge is 0.239 e. The third-order valence-corrected chi connectivity index (χ3v) is 3.31. The summed E-state index contributed by atoms with van der Waals surface area (Å²) in [6.07, 6.45) is 5.65. The minimum absolute atomic E-state index is 0.105. The monoisotopic (exact) mass is 256 g/mol. The average molecular weight is 256 g/mol. The van der Waals surface area contributed by atoms with Crippen LogP contribution in [0.1, 0.15) is 45.4 Å². The van der Waals surface area contributed by atoms with Crippen molar-refractivity contribution >= 4 is 11.8 Å². The molecule has 1 heterocycles. The van der Waals surface area contributed by atoms with Gasteiger partial charge in [-0.2, -0.15) is 0 Å². The zero-order valence-corrected chi connectivity index (χ0v) is 11.1. The second-order valence-electron chi connectivity index (χ2n) is 4.87. The van der Waals surface area contributed by atoms with E-state index in [-0.39, 0.29) is 11.8 Å². The summed E-state index contributed by atoms with van der Waals surface area (Å²) >= 11 is 0. The van der Waals surface area contributed by atoms with Crippen LogP contribution in [0.2, 0.25) is 0 Å². The molecule has 2 amide bonds. The van der Waals surface area contributed by atoms with Crippen molar-refractivity contribution in [2.45, 2.75) is 51.5 Å². The molecule has 0 aliphatic carbocycles. The quantitative estimate of drug-likeness (QED) is 0.635. The Morgan fingerprint density at radius 3 is 2.72 bits per heavy atom. The Hall–Kier alpha value is -1.10. The fourth-order valence-electron chi connectivity index (χ4n) is 2.09. The molecule has 104 valence electrons. The largest absolute Gasteiger partial charge is 0.381 e. The highest BCUT2D eigenvalue weighted by Gasteiger charge is 2.26. The average Bonchev–Trinajstić information content (AvgIpc) is 2.86. The molecule has 5 heteroatoms. The zero-order valence-electron chi connectivity index (χ0n) is 11.1. The lowest BCUT2D eigenvalue weighted by Gasteiger charge is -2.17. The number of nitrogens with one attached hydrogen (secondary N) is 1. The van der Waals surface area contributed by atoms with Crippen molar-refractivity contribution in [3.05, 3.63) is 0 Å². The number of rotatable bonds is 8. The molecule has 2 atom stereocenters. The normalized spacial score (nSPS) is 20.6. The highest BCUT2D eigenvalue weighted by atomic mass is 16.5. The molecule has 1 saturated heterocycles. The van der Waals surface area contributed by atoms with Gasteiger partial charge < -0.3 is 15.8 Å². The molecule has 0 aromatic heterocycles. The summed E-state index contributed by atoms with van der Waals surface area (Å²) in [5.74, 6) is -0.673. The summed E-state index contributed by atoms with van der Waals surface area (Å²) in [5.41, 5.74) is 5.31. The number of amides is 2. The van der Waals surface area contributed by atoms with Gasteiger partial charge in [0.15, 0.2) is 0 Å². The third-order valence-electron chi connectivity index (χ3n) is 3.31. The molecule has 0 bridgehead atoms. The van der Waals surface area contributed by atoms with Gasteiger partial charge in [0, 0.05) is 6.61 Å². The molecule has 0 radical (unpaired) electrons. The molecule has 3 N–H and O–H groups in total. The fourth-order valence-corrected chi connectivity index (χ4v) is 2.09. The van der Waals surface area contributed by atoms with Crippen molar-refractivity contribution in [2.75, 3.05) is 13.2 Å². The van der Waals surface area contributed by atoms with Crippen LogP contribution >= 0.6 is 0 Å². The maximum atomic E-state index is 11.9. The number of nitrogens with two attached hydrogens (primary N) is 1. The number of hydrogen-bond acceptors (Lipinski definition) is 3. The Morgan fingerprint density at radius 2 is 2.17 bits per heavy atom. The van der Waals surface area contributed by atoms with Gasteiger partial charge >= 0.3 is 0 Å². The molecule has 5 nitrogen and oxygen atoms in total. The van der Waals surface area contributed by atoms with E-state index in [4.69, 9.17) is 10.5 Å². The first-order chi connectivity index (χ1) is 8.65. The lowest BCUT2D eigenvalue weighted by molar-refractivity contribution is -0.130. The molecule has 18 heavy (non-hydrogen) atoms. The van der Waals surface area contributed by atoms with Crippen molar-refractivity contribution in [1.29, 1.82) is 0 Å². The molecular weight excluding hydrogens is 232 g/mol. The summed E-state index contributed by atoms with van der Waals surface area (Å²) in [6.45, 7) is 3.20. The molecule has 0 unspecified atom stereocenters. The van der Waals surface area contributed by atoms with Gasteiger partial charge in [-0.15, -0.1) is 0 Å². The van der Waals surface area contributed by atoms with Crippen molar-refractivity contribution in [1.82, 2.24) is 5.32 Å². The SMILES string of the molecule is CCCCCC[C@H](NC(=O)[C@H]1CCOC1)C(N)=O. The van der Waals surface area contributed by atoms with E-state index in [0.29, 0.717) is 19.6 Å². The van der Waals surface area contributed by atoms with E-state index in [1.807, 2.05) is 0 Å². The molecule has 1 aliphatic rings. The second-order valence-corrected chi connectivity index (χ2v) is 4.87. The highest BCUT2D eigenvalue weighted by Crippen LogP contribution is 2.13. The van der Waals surface area contributed by atoms with Gasteiger partial charge in [0.1, 0.15) is 6.04 Å². The summed E-state index contributed by atoms with van der Waals surface area (Å²) in [4.78, 5) is 23.1. The zero-order chi connectivity index (χ0) is 13.4. The molecule has 1 fully saturated rings. The van der Waals surface area contributed by atoms with Gasteiger partial charge in [-0.25, -0.2) is 0 Å². The molecular formula is C13H24N2O3. The van der Waals surface area contributed by atoms with E-state index in [0.717, 1.165) is 32.1 Å². The van der Waals surface area contributed by atoms with Crippen molar-refractivity contribution < 1.29 is 14.3 Å². The van der Waals surface area contributed by atoms with Crippen LogP contribution in [-0.2, 0) is 14.3 Å². The summed E-state index contributed by atoms with van der Waals surface area (Å²) in [5, 5.41) is 2.74. The number of carbonyl (C=O) groups excluding carboxylic acids is 2. The lowest BCUT2D eigenvalue weighted by Crippen LogP contribution is -2.46. The highest BCUT2D eigenvalue weighted by molar-refractivity contribution is 5.87. The minimum Gasteiger partial charge on any atom is -0.381 e. The van der Waals surface area contributed by atoms with Gasteiger partial charge in [-0.1, -0.05) is 32.6 Å². The van der Waals surface area contributed by atoms with Gasteiger partial charge in [0.2, 0.25) is 11.8 Å². The first-order valence-corrected chi connectivity index (χ1v) is 6.82. The molecule has 1 aliphatic heterocycles. The number of carbonyl (C=O) groups is 2. The Labute approximate surface area is 108 Å². The summed E-state index contributed by atoms with van der Waals surface area (Å²) < 4.78 is 5.16. The number of unbranched alkanes of at least 4 members (excludes halogenated alkanes) is 3. The first-order valence-electron chi connectivity index (χ1n) is 6.82. The first kappa shape index (κ1) is 15.0. The van der Waals surface area contributed by atoms with Crippen LogP contribution in [0.4, 0.5) is 0 Å². The third kappa shape index (κ3) is 5.04. The lowest BCUT2D eigenvalue weighted by atomic mass is 10.0. The summed E-state index contributed by atoms with van der Waals surface area (Å²) in [6, 6.07) is -0.532. The van der Waals surface area contributed by atoms with Crippen LogP contribution in [0.3, 0.4) is 0 Å². The maximum absolute atomic E-state index is 11.9. The maximum Gasteiger partial charge on any atom is 0.239 e. The van der Waals surface area contributed by atoms with E-state index in [9.17, 15) is 9.59 Å². The van der Waals surface area contributed by atoms with Crippen LogP contribution in [-0.4, -0.2) is 31.1 Å². The van der Waals surface area contributed by atoms with Crippen molar-refractivity contribution in [3.63, 3.8) is 0 Å². The molecule has 0 saturated carbocycles. The van der Waals surface area contributed by atoms with E-state index < -0.39 is 11.9 Å². The molecule has 1 rings (SSSR count). The van der Waals surface area contributed by atoms with Crippen LogP contribution in [0.15, 0.2) is 0 Å². The fraction of sp³-hybridized carbons (Fsp3) is 0.846. The minimum atomic E-state index is -0.532. The van der Waals surface area contributed by atoms with Gasteiger partial charge in [0.25, 0.3) is 0 Å². The van der Waals surface area contributed by atoms with E-state index in [2.05, 4.69) is 12.2 Å². The van der Waals surface area contributed by atoms with Crippen LogP contribution in [0, 0.1) is 5.92 Å². The molecule has 0 aromatic carbocycles. The van der Waals surface area contributed by atoms with Crippen molar-refractivity contribution in [2.24, 2.45) is 11.7 Å². The Kier molecular flexibility index (Phi) is 6.72. The van der Waals surface area contributed by atoms with Crippen LogP contribution in [0.5, 0.6) is 0 Å². The molecule has 0 spiro atoms. The van der Waals surface area contributed by atoms with E-state index >= 15 is 0 Å². The van der Waals surface area contributed by atoms with Gasteiger partial charge in [-0.3, -0.25) is 9.59 Å². The van der Waals surface area contributed by atoms with Crippen molar-refractivity contribution in [3.8, 4) is 0 Å². The van der Waals surface area contributed by atoms with E-state index in [1.54, 1.807) is 0 Å². The van der Waals surface area contributed by atoms with Crippen LogP contribution < -0.4 is 11.1 Å². The summed E-state index contributed by atoms with van der Waals surface area (Å²) in [7, 11) is 0. The standard InChI is InChI=1S/C13H24N2O3/c1-2-3-4-5-6-11(12(14)16)15-13(17)10-7-8-18-9-10/h10-11H,2-9H2,1H3,(H2,14,16)(H,15,17)/t10-,11-/m0/s1. The molecule has 0 aromatic rings. The number of hydrogen-bond donors (Lipinski definition) is 2. The Balaban J connectivity index is 2.32. The van der Waals surface area contributed by atoms with E-state index in [1.165, 1.54) is 0 Å². The topological polar surface area (TPSA) is 81.4 Å². The number of primary amides is 1. The predicted octanol–water partition coefficient (Wildman–Crippen LogP) is 0.963.